The molecular formula is C18H16OS. The van der Waals surface area contributed by atoms with Crippen LogP contribution in [0.5, 0.6) is 0 Å². The summed E-state index contributed by atoms with van der Waals surface area (Å²) < 4.78 is 1.10. The second-order valence-corrected chi connectivity index (χ2v) is 6.08. The van der Waals surface area contributed by atoms with Crippen LogP contribution in [0.1, 0.15) is 27.0 Å². The van der Waals surface area contributed by atoms with Gasteiger partial charge in [-0.1, -0.05) is 30.3 Å². The molecular weight excluding hydrogens is 264 g/mol. The van der Waals surface area contributed by atoms with E-state index in [1.807, 2.05) is 17.5 Å². The Morgan fingerprint density at radius 3 is 2.70 bits per heavy atom. The smallest absolute Gasteiger partial charge is 0.168 e. The van der Waals surface area contributed by atoms with E-state index in [9.17, 15) is 4.79 Å². The normalized spacial score (nSPS) is 10.9. The molecule has 0 spiro atoms. The molecule has 1 nitrogen and oxygen atoms in total. The highest BCUT2D eigenvalue weighted by Gasteiger charge is 2.12. The van der Waals surface area contributed by atoms with Crippen molar-refractivity contribution < 1.29 is 4.79 Å². The lowest BCUT2D eigenvalue weighted by molar-refractivity contribution is 0.0994. The number of hydrogen-bond acceptors (Lipinski definition) is 2. The Hall–Kier alpha value is -1.93. The van der Waals surface area contributed by atoms with Crippen LogP contribution >= 0.6 is 11.3 Å². The summed E-state index contributed by atoms with van der Waals surface area (Å²) in [4.78, 5) is 12.5. The monoisotopic (exact) mass is 280 g/mol. The molecule has 0 aliphatic heterocycles. The SMILES string of the molecule is Cc1ccc(CC(=O)c2cccc3ccsc23)cc1C. The van der Waals surface area contributed by atoms with Gasteiger partial charge in [-0.15, -0.1) is 11.3 Å². The Balaban J connectivity index is 1.93. The van der Waals surface area contributed by atoms with Gasteiger partial charge < -0.3 is 0 Å². The quantitative estimate of drug-likeness (QED) is 0.621. The fraction of sp³-hybridized carbons (Fsp3) is 0.167. The number of hydrogen-bond donors (Lipinski definition) is 0. The number of ketones is 1. The summed E-state index contributed by atoms with van der Waals surface area (Å²) in [5, 5.41) is 3.19. The molecule has 3 aromatic rings. The van der Waals surface area contributed by atoms with Crippen molar-refractivity contribution in [3.63, 3.8) is 0 Å². The van der Waals surface area contributed by atoms with Crippen LogP contribution in [0.25, 0.3) is 10.1 Å². The molecule has 0 unspecified atom stereocenters. The van der Waals surface area contributed by atoms with E-state index in [0.29, 0.717) is 6.42 Å². The zero-order valence-corrected chi connectivity index (χ0v) is 12.5. The van der Waals surface area contributed by atoms with Crippen molar-refractivity contribution in [3.05, 3.63) is 70.1 Å². The maximum atomic E-state index is 12.5. The molecule has 0 aliphatic carbocycles. The first-order valence-corrected chi connectivity index (χ1v) is 7.58. The van der Waals surface area contributed by atoms with Crippen LogP contribution in [0.15, 0.2) is 47.8 Å². The second-order valence-electron chi connectivity index (χ2n) is 5.16. The lowest BCUT2D eigenvalue weighted by atomic mass is 9.99. The second kappa shape index (κ2) is 5.22. The van der Waals surface area contributed by atoms with Gasteiger partial charge in [0, 0.05) is 16.7 Å². The number of aryl methyl sites for hydroxylation is 2. The van der Waals surface area contributed by atoms with Crippen molar-refractivity contribution in [1.82, 2.24) is 0 Å². The van der Waals surface area contributed by atoms with E-state index >= 15 is 0 Å². The van der Waals surface area contributed by atoms with Crippen molar-refractivity contribution >= 4 is 27.2 Å². The Morgan fingerprint density at radius 2 is 1.90 bits per heavy atom. The highest BCUT2D eigenvalue weighted by atomic mass is 32.1. The Kier molecular flexibility index (Phi) is 3.41. The first-order valence-electron chi connectivity index (χ1n) is 6.71. The van der Waals surface area contributed by atoms with Crippen LogP contribution in [0.3, 0.4) is 0 Å². The molecule has 0 radical (unpaired) electrons. The fourth-order valence-electron chi connectivity index (χ4n) is 2.41. The van der Waals surface area contributed by atoms with Gasteiger partial charge in [0.1, 0.15) is 0 Å². The molecule has 2 aromatic carbocycles. The van der Waals surface area contributed by atoms with Gasteiger partial charge >= 0.3 is 0 Å². The third kappa shape index (κ3) is 2.39. The van der Waals surface area contributed by atoms with Crippen molar-refractivity contribution in [2.45, 2.75) is 20.3 Å². The average Bonchev–Trinajstić information content (AvgIpc) is 2.91. The van der Waals surface area contributed by atoms with Crippen molar-refractivity contribution in [3.8, 4) is 0 Å². The number of benzene rings is 2. The molecule has 3 rings (SSSR count). The molecule has 0 saturated carbocycles. The van der Waals surface area contributed by atoms with E-state index < -0.39 is 0 Å². The Bertz CT molecular complexity index is 783. The minimum Gasteiger partial charge on any atom is -0.294 e. The largest absolute Gasteiger partial charge is 0.294 e. The lowest BCUT2D eigenvalue weighted by Crippen LogP contribution is -2.04. The first kappa shape index (κ1) is 13.1. The van der Waals surface area contributed by atoms with Gasteiger partial charge in [0.25, 0.3) is 0 Å². The summed E-state index contributed by atoms with van der Waals surface area (Å²) in [5.41, 5.74) is 4.44. The van der Waals surface area contributed by atoms with Gasteiger partial charge in [-0.3, -0.25) is 4.79 Å². The zero-order valence-electron chi connectivity index (χ0n) is 11.6. The molecule has 0 bridgehead atoms. The van der Waals surface area contributed by atoms with E-state index in [0.717, 1.165) is 21.2 Å². The number of carbonyl (C=O) groups excluding carboxylic acids is 1. The fourth-order valence-corrected chi connectivity index (χ4v) is 3.34. The highest BCUT2D eigenvalue weighted by molar-refractivity contribution is 7.17. The van der Waals surface area contributed by atoms with Crippen molar-refractivity contribution in [1.29, 1.82) is 0 Å². The summed E-state index contributed by atoms with van der Waals surface area (Å²) in [5.74, 6) is 0.196. The number of rotatable bonds is 3. The molecule has 2 heteroatoms. The van der Waals surface area contributed by atoms with E-state index in [1.54, 1.807) is 11.3 Å². The summed E-state index contributed by atoms with van der Waals surface area (Å²) >= 11 is 1.64. The van der Waals surface area contributed by atoms with Crippen molar-refractivity contribution in [2.24, 2.45) is 0 Å². The molecule has 0 saturated heterocycles. The summed E-state index contributed by atoms with van der Waals surface area (Å²) in [6, 6.07) is 14.3. The average molecular weight is 280 g/mol. The summed E-state index contributed by atoms with van der Waals surface area (Å²) in [6.07, 6.45) is 0.470. The third-order valence-corrected chi connectivity index (χ3v) is 4.68. The molecule has 0 fully saturated rings. The number of Topliss-reactive ketones (excluding diaryl/α,β-unsaturated/α-hetero) is 1. The first-order chi connectivity index (χ1) is 9.65. The molecule has 100 valence electrons. The van der Waals surface area contributed by atoms with Crippen LogP contribution in [0.2, 0.25) is 0 Å². The van der Waals surface area contributed by atoms with Gasteiger partial charge in [0.2, 0.25) is 0 Å². The maximum Gasteiger partial charge on any atom is 0.168 e. The minimum atomic E-state index is 0.196. The van der Waals surface area contributed by atoms with Crippen LogP contribution in [0, 0.1) is 13.8 Å². The van der Waals surface area contributed by atoms with Gasteiger partial charge in [-0.25, -0.2) is 0 Å². The zero-order chi connectivity index (χ0) is 14.1. The van der Waals surface area contributed by atoms with Gasteiger partial charge in [-0.2, -0.15) is 0 Å². The van der Waals surface area contributed by atoms with E-state index in [-0.39, 0.29) is 5.78 Å². The van der Waals surface area contributed by atoms with E-state index in [4.69, 9.17) is 0 Å². The predicted molar refractivity (Wildman–Crippen MR) is 85.8 cm³/mol. The molecule has 0 atom stereocenters. The molecule has 0 N–H and O–H groups in total. The third-order valence-electron chi connectivity index (χ3n) is 3.72. The van der Waals surface area contributed by atoms with Crippen LogP contribution < -0.4 is 0 Å². The van der Waals surface area contributed by atoms with E-state index in [2.05, 4.69) is 44.2 Å². The van der Waals surface area contributed by atoms with Crippen LogP contribution in [-0.2, 0) is 6.42 Å². The molecule has 0 amide bonds. The minimum absolute atomic E-state index is 0.196. The standard InChI is InChI=1S/C18H16OS/c1-12-6-7-14(10-13(12)2)11-17(19)16-5-3-4-15-8-9-20-18(15)16/h3-10H,11H2,1-2H3. The highest BCUT2D eigenvalue weighted by Crippen LogP contribution is 2.26. The van der Waals surface area contributed by atoms with Crippen LogP contribution in [0.4, 0.5) is 0 Å². The molecule has 20 heavy (non-hydrogen) atoms. The van der Waals surface area contributed by atoms with Crippen LogP contribution in [-0.4, -0.2) is 5.78 Å². The maximum absolute atomic E-state index is 12.5. The number of carbonyl (C=O) groups is 1. The topological polar surface area (TPSA) is 17.1 Å². The Labute approximate surface area is 122 Å². The van der Waals surface area contributed by atoms with Gasteiger partial charge in [0.15, 0.2) is 5.78 Å². The number of fused-ring (bicyclic) bond motifs is 1. The van der Waals surface area contributed by atoms with Crippen molar-refractivity contribution in [2.75, 3.05) is 0 Å². The summed E-state index contributed by atoms with van der Waals surface area (Å²) in [6.45, 7) is 4.18. The molecule has 0 aliphatic rings. The number of thiophene rings is 1. The molecule has 1 aromatic heterocycles. The van der Waals surface area contributed by atoms with Gasteiger partial charge in [0.05, 0.1) is 0 Å². The summed E-state index contributed by atoms with van der Waals surface area (Å²) in [7, 11) is 0. The van der Waals surface area contributed by atoms with E-state index in [1.165, 1.54) is 11.1 Å². The Morgan fingerprint density at radius 1 is 1.05 bits per heavy atom. The predicted octanol–water partition coefficient (Wildman–Crippen LogP) is 4.94. The van der Waals surface area contributed by atoms with Gasteiger partial charge in [-0.05, 0) is 53.4 Å². The molecule has 1 heterocycles. The lowest BCUT2D eigenvalue weighted by Gasteiger charge is -2.06.